The van der Waals surface area contributed by atoms with E-state index in [0.717, 1.165) is 5.69 Å². The van der Waals surface area contributed by atoms with Gasteiger partial charge in [0.25, 0.3) is 10.0 Å². The molecule has 0 aliphatic rings. The Kier molecular flexibility index (Phi) is 3.77. The van der Waals surface area contributed by atoms with E-state index in [1.54, 1.807) is 25.1 Å². The fourth-order valence-electron chi connectivity index (χ4n) is 1.53. The Morgan fingerprint density at radius 3 is 2.63 bits per heavy atom. The third-order valence-electron chi connectivity index (χ3n) is 2.37. The quantitative estimate of drug-likeness (QED) is 0.840. The normalized spacial score (nSPS) is 11.3. The van der Waals surface area contributed by atoms with Crippen LogP contribution in [0, 0.1) is 6.92 Å². The Balaban J connectivity index is 2.38. The van der Waals surface area contributed by atoms with Crippen LogP contribution in [0.4, 0.5) is 11.5 Å². The van der Waals surface area contributed by atoms with Crippen LogP contribution in [0.25, 0.3) is 0 Å². The molecule has 0 aliphatic heterocycles. The van der Waals surface area contributed by atoms with Crippen molar-refractivity contribution < 1.29 is 8.42 Å². The van der Waals surface area contributed by atoms with Gasteiger partial charge in [0.05, 0.1) is 0 Å². The highest BCUT2D eigenvalue weighted by Crippen LogP contribution is 2.25. The molecule has 0 unspecified atom stereocenters. The van der Waals surface area contributed by atoms with Crippen molar-refractivity contribution in [3.8, 4) is 0 Å². The summed E-state index contributed by atoms with van der Waals surface area (Å²) in [5.41, 5.74) is 6.80. The molecule has 2 rings (SSSR count). The van der Waals surface area contributed by atoms with E-state index in [1.807, 2.05) is 0 Å². The Morgan fingerprint density at radius 1 is 1.26 bits per heavy atom. The van der Waals surface area contributed by atoms with Gasteiger partial charge in [0, 0.05) is 15.9 Å². The largest absolute Gasteiger partial charge is 0.399 e. The van der Waals surface area contributed by atoms with Crippen LogP contribution in [0.2, 0.25) is 0 Å². The van der Waals surface area contributed by atoms with E-state index >= 15 is 0 Å². The van der Waals surface area contributed by atoms with E-state index in [9.17, 15) is 8.42 Å². The molecule has 19 heavy (non-hydrogen) atoms. The third kappa shape index (κ3) is 3.24. The number of aryl methyl sites for hydroxylation is 1. The molecule has 0 amide bonds. The van der Waals surface area contributed by atoms with Crippen molar-refractivity contribution in [2.24, 2.45) is 0 Å². The zero-order chi connectivity index (χ0) is 14.0. The molecule has 0 fully saturated rings. The highest BCUT2D eigenvalue weighted by Gasteiger charge is 2.18. The van der Waals surface area contributed by atoms with Gasteiger partial charge in [-0.2, -0.15) is 0 Å². The number of rotatable bonds is 3. The number of hydrogen-bond acceptors (Lipinski definition) is 4. The predicted octanol–water partition coefficient (Wildman–Crippen LogP) is 2.54. The number of hydrogen-bond donors (Lipinski definition) is 2. The van der Waals surface area contributed by atoms with Gasteiger partial charge in [-0.3, -0.25) is 4.72 Å². The standard InChI is InChI=1S/C12H12BrN3O2S/c1-8-3-2-4-12(15-8)16-19(17,18)11-6-5-9(14)7-10(11)13/h2-7H,14H2,1H3,(H,15,16). The van der Waals surface area contributed by atoms with Crippen LogP contribution in [0.3, 0.4) is 0 Å². The van der Waals surface area contributed by atoms with Crippen molar-refractivity contribution in [3.63, 3.8) is 0 Å². The SMILES string of the molecule is Cc1cccc(NS(=O)(=O)c2ccc(N)cc2Br)n1. The number of benzene rings is 1. The van der Waals surface area contributed by atoms with Gasteiger partial charge in [-0.05, 0) is 53.2 Å². The monoisotopic (exact) mass is 341 g/mol. The van der Waals surface area contributed by atoms with Gasteiger partial charge in [0.1, 0.15) is 10.7 Å². The van der Waals surface area contributed by atoms with Crippen LogP contribution in [-0.4, -0.2) is 13.4 Å². The molecule has 1 aromatic heterocycles. The lowest BCUT2D eigenvalue weighted by atomic mass is 10.3. The molecule has 1 aromatic carbocycles. The maximum absolute atomic E-state index is 12.2. The van der Waals surface area contributed by atoms with Gasteiger partial charge in [-0.1, -0.05) is 6.07 Å². The number of halogens is 1. The summed E-state index contributed by atoms with van der Waals surface area (Å²) in [5.74, 6) is 0.281. The first-order chi connectivity index (χ1) is 8.88. The van der Waals surface area contributed by atoms with Crippen molar-refractivity contribution in [1.82, 2.24) is 4.98 Å². The minimum absolute atomic E-state index is 0.116. The molecule has 1 heterocycles. The van der Waals surface area contributed by atoms with Crippen LogP contribution in [0.1, 0.15) is 5.69 Å². The molecule has 3 N–H and O–H groups in total. The zero-order valence-corrected chi connectivity index (χ0v) is 12.5. The highest BCUT2D eigenvalue weighted by molar-refractivity contribution is 9.10. The molecule has 5 nitrogen and oxygen atoms in total. The summed E-state index contributed by atoms with van der Waals surface area (Å²) >= 11 is 3.19. The molecule has 0 atom stereocenters. The van der Waals surface area contributed by atoms with Crippen LogP contribution in [0.5, 0.6) is 0 Å². The first-order valence-corrected chi connectivity index (χ1v) is 7.67. The fourth-order valence-corrected chi connectivity index (χ4v) is 3.63. The average Bonchev–Trinajstić information content (AvgIpc) is 2.27. The highest BCUT2D eigenvalue weighted by atomic mass is 79.9. The summed E-state index contributed by atoms with van der Waals surface area (Å²) in [6, 6.07) is 9.63. The summed E-state index contributed by atoms with van der Waals surface area (Å²) in [7, 11) is -3.69. The maximum Gasteiger partial charge on any atom is 0.264 e. The molecular weight excluding hydrogens is 330 g/mol. The first kappa shape index (κ1) is 13.8. The van der Waals surface area contributed by atoms with Gasteiger partial charge >= 0.3 is 0 Å². The molecule has 2 aromatic rings. The molecule has 7 heteroatoms. The molecule has 100 valence electrons. The average molecular weight is 342 g/mol. The van der Waals surface area contributed by atoms with E-state index in [4.69, 9.17) is 5.73 Å². The summed E-state index contributed by atoms with van der Waals surface area (Å²) in [4.78, 5) is 4.22. The van der Waals surface area contributed by atoms with Crippen molar-refractivity contribution in [3.05, 3.63) is 46.6 Å². The van der Waals surface area contributed by atoms with Crippen molar-refractivity contribution >= 4 is 37.5 Å². The second kappa shape index (κ2) is 5.18. The van der Waals surface area contributed by atoms with Gasteiger partial charge in [0.15, 0.2) is 0 Å². The Hall–Kier alpha value is -1.60. The van der Waals surface area contributed by atoms with E-state index in [0.29, 0.717) is 10.2 Å². The molecule has 0 aliphatic carbocycles. The number of nitrogens with zero attached hydrogens (tertiary/aromatic N) is 1. The Morgan fingerprint density at radius 2 is 2.00 bits per heavy atom. The minimum atomic E-state index is -3.69. The van der Waals surface area contributed by atoms with Crippen LogP contribution >= 0.6 is 15.9 Å². The molecular formula is C12H12BrN3O2S. The summed E-state index contributed by atoms with van der Waals surface area (Å²) in [5, 5.41) is 0. The number of nitrogens with two attached hydrogens (primary N) is 1. The number of aromatic nitrogens is 1. The molecule has 0 saturated carbocycles. The van der Waals surface area contributed by atoms with Gasteiger partial charge < -0.3 is 5.73 Å². The smallest absolute Gasteiger partial charge is 0.264 e. The predicted molar refractivity (Wildman–Crippen MR) is 78.3 cm³/mol. The number of sulfonamides is 1. The second-order valence-electron chi connectivity index (χ2n) is 3.96. The van der Waals surface area contributed by atoms with Crippen LogP contribution in [0.15, 0.2) is 45.8 Å². The van der Waals surface area contributed by atoms with Crippen LogP contribution < -0.4 is 10.5 Å². The summed E-state index contributed by atoms with van der Waals surface area (Å²) in [6.45, 7) is 1.79. The molecule has 0 radical (unpaired) electrons. The zero-order valence-electron chi connectivity index (χ0n) is 10.1. The van der Waals surface area contributed by atoms with Gasteiger partial charge in [0.2, 0.25) is 0 Å². The maximum atomic E-state index is 12.2. The van der Waals surface area contributed by atoms with Crippen LogP contribution in [-0.2, 0) is 10.0 Å². The molecule has 0 bridgehead atoms. The number of anilines is 2. The Labute approximate surface area is 120 Å². The molecule has 0 spiro atoms. The topological polar surface area (TPSA) is 85.1 Å². The van der Waals surface area contributed by atoms with Crippen molar-refractivity contribution in [1.29, 1.82) is 0 Å². The second-order valence-corrected chi connectivity index (χ2v) is 6.46. The van der Waals surface area contributed by atoms with Gasteiger partial charge in [-0.15, -0.1) is 0 Å². The van der Waals surface area contributed by atoms with Crippen molar-refractivity contribution in [2.75, 3.05) is 10.5 Å². The summed E-state index contributed by atoms with van der Waals surface area (Å²) in [6.07, 6.45) is 0. The lowest BCUT2D eigenvalue weighted by Gasteiger charge is -2.09. The summed E-state index contributed by atoms with van der Waals surface area (Å²) < 4.78 is 27.3. The number of nitrogen functional groups attached to an aromatic ring is 1. The van der Waals surface area contributed by atoms with Gasteiger partial charge in [-0.25, -0.2) is 13.4 Å². The lowest BCUT2D eigenvalue weighted by molar-refractivity contribution is 0.600. The fraction of sp³-hybridized carbons (Fsp3) is 0.0833. The van der Waals surface area contributed by atoms with E-state index in [1.165, 1.54) is 18.2 Å². The Bertz CT molecular complexity index is 717. The number of pyridine rings is 1. The number of nitrogens with one attached hydrogen (secondary N) is 1. The van der Waals surface area contributed by atoms with E-state index < -0.39 is 10.0 Å². The first-order valence-electron chi connectivity index (χ1n) is 5.40. The van der Waals surface area contributed by atoms with E-state index in [-0.39, 0.29) is 10.7 Å². The molecule has 0 saturated heterocycles. The van der Waals surface area contributed by atoms with Crippen molar-refractivity contribution in [2.45, 2.75) is 11.8 Å². The lowest BCUT2D eigenvalue weighted by Crippen LogP contribution is -2.14. The minimum Gasteiger partial charge on any atom is -0.399 e. The van der Waals surface area contributed by atoms with E-state index in [2.05, 4.69) is 25.6 Å². The third-order valence-corrected chi connectivity index (χ3v) is 4.70.